The number of nitrogens with zero attached hydrogens (tertiary/aromatic N) is 1. The van der Waals surface area contributed by atoms with Crippen molar-refractivity contribution in [3.63, 3.8) is 0 Å². The van der Waals surface area contributed by atoms with Gasteiger partial charge in [-0.1, -0.05) is 48.5 Å². The third-order valence-corrected chi connectivity index (χ3v) is 4.98. The fourth-order valence-electron chi connectivity index (χ4n) is 3.59. The topological polar surface area (TPSA) is 36.1 Å². The molecule has 0 aliphatic carbocycles. The lowest BCUT2D eigenvalue weighted by molar-refractivity contribution is -0.123. The van der Waals surface area contributed by atoms with Gasteiger partial charge in [0.2, 0.25) is 0 Å². The number of carbonyl (C=O) groups is 1. The standard InChI is InChI=1S/C22H22N2O/c1-16(20-15-18-11-5-6-12-19(18)23-20)21(17-9-3-2-4-10-17)22(25)24-13-7-8-14-24/h2-6,9-12,15,23H,7-8,13-14H2,1H3/b21-16-. The first-order valence-electron chi connectivity index (χ1n) is 8.88. The first-order chi connectivity index (χ1) is 12.2. The van der Waals surface area contributed by atoms with Crippen LogP contribution in [0.5, 0.6) is 0 Å². The molecule has 4 rings (SSSR count). The number of aromatic amines is 1. The summed E-state index contributed by atoms with van der Waals surface area (Å²) in [7, 11) is 0. The second kappa shape index (κ2) is 6.60. The zero-order chi connectivity index (χ0) is 17.2. The summed E-state index contributed by atoms with van der Waals surface area (Å²) >= 11 is 0. The van der Waals surface area contributed by atoms with E-state index < -0.39 is 0 Å². The average molecular weight is 330 g/mol. The summed E-state index contributed by atoms with van der Waals surface area (Å²) in [6.07, 6.45) is 2.19. The van der Waals surface area contributed by atoms with Gasteiger partial charge in [-0.15, -0.1) is 0 Å². The van der Waals surface area contributed by atoms with Crippen LogP contribution >= 0.6 is 0 Å². The molecule has 1 aliphatic rings. The van der Waals surface area contributed by atoms with E-state index in [0.717, 1.165) is 59.2 Å². The molecule has 0 atom stereocenters. The van der Waals surface area contributed by atoms with Crippen molar-refractivity contribution in [1.29, 1.82) is 0 Å². The van der Waals surface area contributed by atoms with Crippen LogP contribution in [-0.2, 0) is 4.79 Å². The summed E-state index contributed by atoms with van der Waals surface area (Å²) < 4.78 is 0. The Hall–Kier alpha value is -2.81. The first-order valence-corrected chi connectivity index (χ1v) is 8.88. The van der Waals surface area contributed by atoms with E-state index in [1.54, 1.807) is 0 Å². The predicted octanol–water partition coefficient (Wildman–Crippen LogP) is 4.72. The van der Waals surface area contributed by atoms with Gasteiger partial charge in [-0.2, -0.15) is 0 Å². The Morgan fingerprint density at radius 2 is 1.64 bits per heavy atom. The SMILES string of the molecule is C/C(=C(/C(=O)N1CCCC1)c1ccccc1)c1cc2ccccc2[nH]1. The van der Waals surface area contributed by atoms with Gasteiger partial charge in [-0.25, -0.2) is 0 Å². The van der Waals surface area contributed by atoms with Gasteiger partial charge < -0.3 is 9.88 Å². The Morgan fingerprint density at radius 1 is 0.960 bits per heavy atom. The minimum Gasteiger partial charge on any atom is -0.355 e. The molecule has 0 bridgehead atoms. The molecule has 0 saturated carbocycles. The quantitative estimate of drug-likeness (QED) is 0.693. The zero-order valence-electron chi connectivity index (χ0n) is 14.5. The number of para-hydroxylation sites is 1. The normalized spacial score (nSPS) is 15.5. The van der Waals surface area contributed by atoms with Gasteiger partial charge in [0, 0.05) is 24.3 Å². The van der Waals surface area contributed by atoms with Crippen molar-refractivity contribution < 1.29 is 4.79 Å². The van der Waals surface area contributed by atoms with Gasteiger partial charge in [-0.3, -0.25) is 4.79 Å². The number of rotatable bonds is 3. The maximum atomic E-state index is 13.2. The van der Waals surface area contributed by atoms with Crippen LogP contribution in [0.15, 0.2) is 60.7 Å². The second-order valence-electron chi connectivity index (χ2n) is 6.64. The molecule has 0 spiro atoms. The molecule has 2 heterocycles. The van der Waals surface area contributed by atoms with Crippen LogP contribution in [-0.4, -0.2) is 28.9 Å². The summed E-state index contributed by atoms with van der Waals surface area (Å²) in [5.74, 6) is 0.139. The molecule has 1 saturated heterocycles. The van der Waals surface area contributed by atoms with Crippen LogP contribution in [0.4, 0.5) is 0 Å². The Morgan fingerprint density at radius 3 is 2.36 bits per heavy atom. The maximum Gasteiger partial charge on any atom is 0.254 e. The molecule has 0 unspecified atom stereocenters. The van der Waals surface area contributed by atoms with Gasteiger partial charge in [0.05, 0.1) is 5.57 Å². The fourth-order valence-corrected chi connectivity index (χ4v) is 3.59. The van der Waals surface area contributed by atoms with Crippen LogP contribution < -0.4 is 0 Å². The molecule has 3 heteroatoms. The highest BCUT2D eigenvalue weighted by Crippen LogP contribution is 2.30. The molecule has 1 aliphatic heterocycles. The summed E-state index contributed by atoms with van der Waals surface area (Å²) in [5.41, 5.74) is 4.88. The lowest BCUT2D eigenvalue weighted by Gasteiger charge is -2.20. The third kappa shape index (κ3) is 2.98. The van der Waals surface area contributed by atoms with E-state index >= 15 is 0 Å². The Balaban J connectivity index is 1.85. The van der Waals surface area contributed by atoms with Crippen LogP contribution in [0, 0.1) is 0 Å². The van der Waals surface area contributed by atoms with Crippen LogP contribution in [0.25, 0.3) is 22.0 Å². The highest BCUT2D eigenvalue weighted by molar-refractivity contribution is 6.26. The number of H-pyrrole nitrogens is 1. The van der Waals surface area contributed by atoms with Gasteiger partial charge in [0.15, 0.2) is 0 Å². The molecule has 0 radical (unpaired) electrons. The number of amides is 1. The number of allylic oxidation sites excluding steroid dienone is 1. The molecule has 3 aromatic rings. The van der Waals surface area contributed by atoms with Crippen molar-refractivity contribution in [2.45, 2.75) is 19.8 Å². The zero-order valence-corrected chi connectivity index (χ0v) is 14.5. The number of likely N-dealkylation sites (tertiary alicyclic amines) is 1. The Labute approximate surface area is 148 Å². The van der Waals surface area contributed by atoms with Crippen molar-refractivity contribution >= 4 is 28.0 Å². The lowest BCUT2D eigenvalue weighted by Crippen LogP contribution is -2.29. The highest BCUT2D eigenvalue weighted by atomic mass is 16.2. The fraction of sp³-hybridized carbons (Fsp3) is 0.227. The van der Waals surface area contributed by atoms with Gasteiger partial charge in [0.1, 0.15) is 0 Å². The largest absolute Gasteiger partial charge is 0.355 e. The van der Waals surface area contributed by atoms with Gasteiger partial charge >= 0.3 is 0 Å². The third-order valence-electron chi connectivity index (χ3n) is 4.98. The van der Waals surface area contributed by atoms with E-state index in [1.165, 1.54) is 0 Å². The Kier molecular flexibility index (Phi) is 4.14. The first kappa shape index (κ1) is 15.7. The van der Waals surface area contributed by atoms with Crippen LogP contribution in [0.1, 0.15) is 31.0 Å². The smallest absolute Gasteiger partial charge is 0.254 e. The minimum absolute atomic E-state index is 0.139. The summed E-state index contributed by atoms with van der Waals surface area (Å²) in [4.78, 5) is 18.7. The molecule has 3 nitrogen and oxygen atoms in total. The van der Waals surface area contributed by atoms with Crippen LogP contribution in [0.2, 0.25) is 0 Å². The predicted molar refractivity (Wildman–Crippen MR) is 103 cm³/mol. The summed E-state index contributed by atoms with van der Waals surface area (Å²) in [5, 5.41) is 1.16. The van der Waals surface area contributed by atoms with Crippen molar-refractivity contribution in [2.24, 2.45) is 0 Å². The van der Waals surface area contributed by atoms with Gasteiger partial charge in [-0.05, 0) is 48.4 Å². The van der Waals surface area contributed by atoms with Gasteiger partial charge in [0.25, 0.3) is 5.91 Å². The molecule has 2 aromatic carbocycles. The molecule has 25 heavy (non-hydrogen) atoms. The molecule has 1 aromatic heterocycles. The monoisotopic (exact) mass is 330 g/mol. The maximum absolute atomic E-state index is 13.2. The van der Waals surface area contributed by atoms with Crippen molar-refractivity contribution in [1.82, 2.24) is 9.88 Å². The molecule has 1 N–H and O–H groups in total. The average Bonchev–Trinajstić information content (AvgIpc) is 3.32. The number of hydrogen-bond acceptors (Lipinski definition) is 1. The molecular weight excluding hydrogens is 308 g/mol. The van der Waals surface area contributed by atoms with Crippen molar-refractivity contribution in [3.05, 3.63) is 71.9 Å². The number of benzene rings is 2. The van der Waals surface area contributed by atoms with E-state index in [0.29, 0.717) is 0 Å². The lowest BCUT2D eigenvalue weighted by atomic mass is 9.97. The van der Waals surface area contributed by atoms with E-state index in [4.69, 9.17) is 0 Å². The second-order valence-corrected chi connectivity index (χ2v) is 6.64. The number of hydrogen-bond donors (Lipinski definition) is 1. The molecule has 1 amide bonds. The van der Waals surface area contributed by atoms with Crippen LogP contribution in [0.3, 0.4) is 0 Å². The van der Waals surface area contributed by atoms with E-state index in [2.05, 4.69) is 23.2 Å². The highest BCUT2D eigenvalue weighted by Gasteiger charge is 2.25. The molecular formula is C22H22N2O. The Bertz CT molecular complexity index is 898. The van der Waals surface area contributed by atoms with E-state index in [-0.39, 0.29) is 5.91 Å². The van der Waals surface area contributed by atoms with E-state index in [9.17, 15) is 4.79 Å². The van der Waals surface area contributed by atoms with Crippen molar-refractivity contribution in [3.8, 4) is 0 Å². The number of fused-ring (bicyclic) bond motifs is 1. The number of nitrogens with one attached hydrogen (secondary N) is 1. The summed E-state index contributed by atoms with van der Waals surface area (Å²) in [6, 6.07) is 20.4. The summed E-state index contributed by atoms with van der Waals surface area (Å²) in [6.45, 7) is 3.76. The van der Waals surface area contributed by atoms with E-state index in [1.807, 2.05) is 54.3 Å². The number of aromatic nitrogens is 1. The molecule has 1 fully saturated rings. The minimum atomic E-state index is 0.139. The van der Waals surface area contributed by atoms with Crippen molar-refractivity contribution in [2.75, 3.05) is 13.1 Å². The number of carbonyl (C=O) groups excluding carboxylic acids is 1. The molecule has 126 valence electrons.